The molecular weight excluding hydrogens is 268 g/mol. The van der Waals surface area contributed by atoms with Crippen LogP contribution in [0.25, 0.3) is 6.08 Å². The molecular formula is C14H17F2NO3. The second-order valence-corrected chi connectivity index (χ2v) is 4.42. The SMILES string of the molecule is COCC(C)N(C)c1c(F)cc(C=CC(=O)O)cc1F. The van der Waals surface area contributed by atoms with Crippen molar-refractivity contribution in [3.8, 4) is 0 Å². The normalized spacial score (nSPS) is 12.7. The third-order valence-corrected chi connectivity index (χ3v) is 2.88. The summed E-state index contributed by atoms with van der Waals surface area (Å²) in [6.07, 6.45) is 1.96. The smallest absolute Gasteiger partial charge is 0.328 e. The Morgan fingerprint density at radius 3 is 2.45 bits per heavy atom. The first-order valence-corrected chi connectivity index (χ1v) is 5.98. The zero-order valence-electron chi connectivity index (χ0n) is 11.6. The van der Waals surface area contributed by atoms with Crippen LogP contribution in [0.5, 0.6) is 0 Å². The number of carboxylic acid groups (broad SMARTS) is 1. The standard InChI is InChI=1S/C14H17F2NO3/c1-9(8-20-3)17(2)14-11(15)6-10(7-12(14)16)4-5-13(18)19/h4-7,9H,8H2,1-3H3,(H,18,19). The van der Waals surface area contributed by atoms with Gasteiger partial charge in [0, 0.05) is 26.3 Å². The van der Waals surface area contributed by atoms with Crippen LogP contribution < -0.4 is 4.90 Å². The highest BCUT2D eigenvalue weighted by atomic mass is 19.1. The molecule has 0 saturated heterocycles. The first-order chi connectivity index (χ1) is 9.36. The second-order valence-electron chi connectivity index (χ2n) is 4.42. The Hall–Kier alpha value is -1.95. The van der Waals surface area contributed by atoms with E-state index >= 15 is 0 Å². The van der Waals surface area contributed by atoms with E-state index in [-0.39, 0.29) is 17.3 Å². The number of carboxylic acids is 1. The van der Waals surface area contributed by atoms with Gasteiger partial charge in [-0.25, -0.2) is 13.6 Å². The van der Waals surface area contributed by atoms with Crippen molar-refractivity contribution in [2.45, 2.75) is 13.0 Å². The van der Waals surface area contributed by atoms with Crippen LogP contribution in [0.15, 0.2) is 18.2 Å². The summed E-state index contributed by atoms with van der Waals surface area (Å²) < 4.78 is 32.9. The molecule has 0 saturated carbocycles. The van der Waals surface area contributed by atoms with E-state index < -0.39 is 17.6 Å². The highest BCUT2D eigenvalue weighted by Gasteiger charge is 2.19. The van der Waals surface area contributed by atoms with Crippen LogP contribution in [0.1, 0.15) is 12.5 Å². The molecule has 1 aromatic rings. The minimum atomic E-state index is -1.18. The Labute approximate surface area is 116 Å². The lowest BCUT2D eigenvalue weighted by atomic mass is 10.1. The Morgan fingerprint density at radius 2 is 2.00 bits per heavy atom. The van der Waals surface area contributed by atoms with Crippen molar-refractivity contribution in [2.75, 3.05) is 25.7 Å². The van der Waals surface area contributed by atoms with Gasteiger partial charge in [0.05, 0.1) is 6.61 Å². The maximum Gasteiger partial charge on any atom is 0.328 e. The van der Waals surface area contributed by atoms with Gasteiger partial charge in [-0.3, -0.25) is 0 Å². The molecule has 0 heterocycles. The third kappa shape index (κ3) is 4.03. The average molecular weight is 285 g/mol. The van der Waals surface area contributed by atoms with Gasteiger partial charge in [0.15, 0.2) is 0 Å². The molecule has 0 fully saturated rings. The number of hydrogen-bond donors (Lipinski definition) is 1. The minimum absolute atomic E-state index is 0.152. The van der Waals surface area contributed by atoms with Gasteiger partial charge < -0.3 is 14.7 Å². The predicted octanol–water partition coefficient (Wildman–Crippen LogP) is 2.53. The lowest BCUT2D eigenvalue weighted by Gasteiger charge is -2.27. The van der Waals surface area contributed by atoms with Crippen molar-refractivity contribution in [1.82, 2.24) is 0 Å². The van der Waals surface area contributed by atoms with Crippen LogP contribution in [0, 0.1) is 11.6 Å². The molecule has 0 spiro atoms. The van der Waals surface area contributed by atoms with Crippen LogP contribution in [-0.4, -0.2) is 37.9 Å². The van der Waals surface area contributed by atoms with E-state index in [2.05, 4.69) is 0 Å². The first kappa shape index (κ1) is 16.1. The van der Waals surface area contributed by atoms with Crippen molar-refractivity contribution in [1.29, 1.82) is 0 Å². The van der Waals surface area contributed by atoms with Gasteiger partial charge in [-0.05, 0) is 30.7 Å². The van der Waals surface area contributed by atoms with Gasteiger partial charge in [-0.2, -0.15) is 0 Å². The van der Waals surface area contributed by atoms with Crippen LogP contribution in [0.3, 0.4) is 0 Å². The number of ether oxygens (including phenoxy) is 1. The zero-order valence-corrected chi connectivity index (χ0v) is 11.6. The Morgan fingerprint density at radius 1 is 1.45 bits per heavy atom. The molecule has 0 aliphatic heterocycles. The summed E-state index contributed by atoms with van der Waals surface area (Å²) in [7, 11) is 3.08. The highest BCUT2D eigenvalue weighted by molar-refractivity contribution is 5.85. The topological polar surface area (TPSA) is 49.8 Å². The van der Waals surface area contributed by atoms with Crippen molar-refractivity contribution in [2.24, 2.45) is 0 Å². The lowest BCUT2D eigenvalue weighted by molar-refractivity contribution is -0.131. The number of anilines is 1. The van der Waals surface area contributed by atoms with Crippen molar-refractivity contribution < 1.29 is 23.4 Å². The summed E-state index contributed by atoms with van der Waals surface area (Å²) in [5, 5.41) is 8.49. The third-order valence-electron chi connectivity index (χ3n) is 2.88. The molecule has 0 aromatic heterocycles. The van der Waals surface area contributed by atoms with Crippen LogP contribution in [0.4, 0.5) is 14.5 Å². The number of rotatable bonds is 6. The number of nitrogens with zero attached hydrogens (tertiary/aromatic N) is 1. The van der Waals surface area contributed by atoms with Gasteiger partial charge in [-0.15, -0.1) is 0 Å². The summed E-state index contributed by atoms with van der Waals surface area (Å²) in [5.41, 5.74) is -0.0130. The lowest BCUT2D eigenvalue weighted by Crippen LogP contribution is -2.34. The van der Waals surface area contributed by atoms with E-state index in [0.29, 0.717) is 6.61 Å². The van der Waals surface area contributed by atoms with Crippen LogP contribution in [-0.2, 0) is 9.53 Å². The molecule has 0 bridgehead atoms. The van der Waals surface area contributed by atoms with Gasteiger partial charge in [0.1, 0.15) is 17.3 Å². The van der Waals surface area contributed by atoms with Gasteiger partial charge >= 0.3 is 5.97 Å². The second kappa shape index (κ2) is 7.00. The molecule has 4 nitrogen and oxygen atoms in total. The van der Waals surface area contributed by atoms with Gasteiger partial charge in [0.25, 0.3) is 0 Å². The molecule has 1 N–H and O–H groups in total. The number of carbonyl (C=O) groups is 1. The minimum Gasteiger partial charge on any atom is -0.478 e. The van der Waals surface area contributed by atoms with Crippen molar-refractivity contribution >= 4 is 17.7 Å². The van der Waals surface area contributed by atoms with Crippen molar-refractivity contribution in [3.05, 3.63) is 35.4 Å². The maximum atomic E-state index is 14.0. The largest absolute Gasteiger partial charge is 0.478 e. The van der Waals surface area contributed by atoms with E-state index in [4.69, 9.17) is 9.84 Å². The Kier molecular flexibility index (Phi) is 5.64. The molecule has 1 unspecified atom stereocenters. The van der Waals surface area contributed by atoms with Gasteiger partial charge in [0.2, 0.25) is 0 Å². The fraction of sp³-hybridized carbons (Fsp3) is 0.357. The van der Waals surface area contributed by atoms with Crippen LogP contribution >= 0.6 is 0 Å². The summed E-state index contributed by atoms with van der Waals surface area (Å²) in [6, 6.07) is 1.98. The number of halogens is 2. The van der Waals surface area contributed by atoms with E-state index in [1.54, 1.807) is 14.0 Å². The number of aliphatic carboxylic acids is 1. The van der Waals surface area contributed by atoms with E-state index in [0.717, 1.165) is 24.3 Å². The molecule has 0 amide bonds. The number of hydrogen-bond acceptors (Lipinski definition) is 3. The predicted molar refractivity (Wildman–Crippen MR) is 72.8 cm³/mol. The molecule has 1 aromatic carbocycles. The molecule has 1 atom stereocenters. The number of benzene rings is 1. The number of methoxy groups -OCH3 is 1. The van der Waals surface area contributed by atoms with Crippen LogP contribution in [0.2, 0.25) is 0 Å². The number of likely N-dealkylation sites (N-methyl/N-ethyl adjacent to an activating group) is 1. The molecule has 6 heteroatoms. The van der Waals surface area contributed by atoms with Gasteiger partial charge in [-0.1, -0.05) is 0 Å². The Bertz CT molecular complexity index is 494. The monoisotopic (exact) mass is 285 g/mol. The molecule has 110 valence electrons. The quantitative estimate of drug-likeness (QED) is 0.816. The Balaban J connectivity index is 3.08. The molecule has 1 rings (SSSR count). The van der Waals surface area contributed by atoms with E-state index in [9.17, 15) is 13.6 Å². The maximum absolute atomic E-state index is 14.0. The molecule has 0 aliphatic carbocycles. The van der Waals surface area contributed by atoms with E-state index in [1.807, 2.05) is 0 Å². The molecule has 0 aliphatic rings. The summed E-state index contributed by atoms with van der Waals surface area (Å²) in [6.45, 7) is 2.11. The zero-order chi connectivity index (χ0) is 15.3. The molecule has 20 heavy (non-hydrogen) atoms. The fourth-order valence-electron chi connectivity index (χ4n) is 1.76. The fourth-order valence-corrected chi connectivity index (χ4v) is 1.76. The van der Waals surface area contributed by atoms with Crippen molar-refractivity contribution in [3.63, 3.8) is 0 Å². The molecule has 0 radical (unpaired) electrons. The highest BCUT2D eigenvalue weighted by Crippen LogP contribution is 2.26. The van der Waals surface area contributed by atoms with E-state index in [1.165, 1.54) is 12.0 Å². The summed E-state index contributed by atoms with van der Waals surface area (Å²) >= 11 is 0. The summed E-state index contributed by atoms with van der Waals surface area (Å²) in [4.78, 5) is 11.8. The summed E-state index contributed by atoms with van der Waals surface area (Å²) in [5.74, 6) is -2.68. The first-order valence-electron chi connectivity index (χ1n) is 5.98. The average Bonchev–Trinajstić information content (AvgIpc) is 2.35.